The minimum Gasteiger partial charge on any atom is -0.355 e. The van der Waals surface area contributed by atoms with Gasteiger partial charge in [0.15, 0.2) is 0 Å². The molecule has 0 aromatic heterocycles. The van der Waals surface area contributed by atoms with Crippen molar-refractivity contribution in [3.63, 3.8) is 0 Å². The summed E-state index contributed by atoms with van der Waals surface area (Å²) in [6.45, 7) is 9.97. The van der Waals surface area contributed by atoms with E-state index in [1.54, 1.807) is 0 Å². The molecule has 0 saturated heterocycles. The van der Waals surface area contributed by atoms with Crippen LogP contribution in [-0.4, -0.2) is 19.0 Å². The number of nitrogens with two attached hydrogens (primary N) is 1. The fourth-order valence-corrected chi connectivity index (χ4v) is 2.66. The van der Waals surface area contributed by atoms with Crippen LogP contribution < -0.4 is 11.1 Å². The van der Waals surface area contributed by atoms with Crippen LogP contribution in [0.2, 0.25) is 0 Å². The molecule has 1 amide bonds. The van der Waals surface area contributed by atoms with Gasteiger partial charge < -0.3 is 11.1 Å². The van der Waals surface area contributed by atoms with Gasteiger partial charge in [-0.2, -0.15) is 0 Å². The van der Waals surface area contributed by atoms with Gasteiger partial charge in [-0.3, -0.25) is 4.79 Å². The largest absolute Gasteiger partial charge is 0.355 e. The van der Waals surface area contributed by atoms with Gasteiger partial charge in [-0.15, -0.1) is 0 Å². The zero-order valence-corrected chi connectivity index (χ0v) is 12.5. The van der Waals surface area contributed by atoms with E-state index in [0.717, 1.165) is 13.0 Å². The van der Waals surface area contributed by atoms with Crippen molar-refractivity contribution in [3.8, 4) is 0 Å². The SMILES string of the molecule is CCCC1(CNC(=O)C(CN)CC(C)(C)C)CC1. The van der Waals surface area contributed by atoms with Crippen LogP contribution >= 0.6 is 0 Å². The monoisotopic (exact) mass is 254 g/mol. The van der Waals surface area contributed by atoms with Crippen molar-refractivity contribution in [1.29, 1.82) is 0 Å². The summed E-state index contributed by atoms with van der Waals surface area (Å²) < 4.78 is 0. The van der Waals surface area contributed by atoms with Crippen molar-refractivity contribution in [1.82, 2.24) is 5.32 Å². The lowest BCUT2D eigenvalue weighted by Crippen LogP contribution is -2.39. The number of hydrogen-bond donors (Lipinski definition) is 2. The van der Waals surface area contributed by atoms with E-state index in [2.05, 4.69) is 33.0 Å². The molecule has 0 bridgehead atoms. The second-order valence-corrected chi connectivity index (χ2v) is 7.17. The van der Waals surface area contributed by atoms with Gasteiger partial charge in [-0.05, 0) is 36.5 Å². The maximum Gasteiger partial charge on any atom is 0.224 e. The van der Waals surface area contributed by atoms with Gasteiger partial charge in [0.05, 0.1) is 5.92 Å². The molecule has 1 aliphatic carbocycles. The lowest BCUT2D eigenvalue weighted by atomic mass is 9.84. The van der Waals surface area contributed by atoms with E-state index in [4.69, 9.17) is 5.73 Å². The van der Waals surface area contributed by atoms with E-state index in [1.165, 1.54) is 25.7 Å². The maximum absolute atomic E-state index is 12.1. The third-order valence-electron chi connectivity index (χ3n) is 3.89. The number of carbonyl (C=O) groups excluding carboxylic acids is 1. The lowest BCUT2D eigenvalue weighted by Gasteiger charge is -2.25. The van der Waals surface area contributed by atoms with Crippen molar-refractivity contribution in [2.24, 2.45) is 22.5 Å². The fraction of sp³-hybridized carbons (Fsp3) is 0.933. The summed E-state index contributed by atoms with van der Waals surface area (Å²) in [6.07, 6.45) is 5.84. The zero-order valence-electron chi connectivity index (χ0n) is 12.5. The van der Waals surface area contributed by atoms with Crippen LogP contribution in [-0.2, 0) is 4.79 Å². The predicted molar refractivity (Wildman–Crippen MR) is 76.2 cm³/mol. The molecule has 1 fully saturated rings. The Hall–Kier alpha value is -0.570. The smallest absolute Gasteiger partial charge is 0.224 e. The van der Waals surface area contributed by atoms with E-state index < -0.39 is 0 Å². The molecule has 3 heteroatoms. The summed E-state index contributed by atoms with van der Waals surface area (Å²) in [4.78, 5) is 12.1. The van der Waals surface area contributed by atoms with Crippen molar-refractivity contribution in [2.75, 3.05) is 13.1 Å². The van der Waals surface area contributed by atoms with Crippen molar-refractivity contribution >= 4 is 5.91 Å². The van der Waals surface area contributed by atoms with Crippen LogP contribution in [0.5, 0.6) is 0 Å². The lowest BCUT2D eigenvalue weighted by molar-refractivity contribution is -0.125. The fourth-order valence-electron chi connectivity index (χ4n) is 2.66. The van der Waals surface area contributed by atoms with E-state index in [1.807, 2.05) is 0 Å². The van der Waals surface area contributed by atoms with Crippen LogP contribution in [0.25, 0.3) is 0 Å². The highest BCUT2D eigenvalue weighted by Gasteiger charge is 2.41. The van der Waals surface area contributed by atoms with Crippen LogP contribution in [0, 0.1) is 16.7 Å². The molecular formula is C15H30N2O. The Bertz CT molecular complexity index is 277. The first-order valence-corrected chi connectivity index (χ1v) is 7.30. The quantitative estimate of drug-likeness (QED) is 0.734. The summed E-state index contributed by atoms with van der Waals surface area (Å²) >= 11 is 0. The van der Waals surface area contributed by atoms with Crippen molar-refractivity contribution in [3.05, 3.63) is 0 Å². The number of amides is 1. The Morgan fingerprint density at radius 3 is 2.39 bits per heavy atom. The third-order valence-corrected chi connectivity index (χ3v) is 3.89. The number of hydrogen-bond acceptors (Lipinski definition) is 2. The Kier molecular flexibility index (Phi) is 5.20. The molecule has 106 valence electrons. The molecule has 1 aliphatic rings. The average Bonchev–Trinajstić information content (AvgIpc) is 3.02. The Morgan fingerprint density at radius 2 is 2.00 bits per heavy atom. The van der Waals surface area contributed by atoms with E-state index in [9.17, 15) is 4.79 Å². The van der Waals surface area contributed by atoms with Crippen LogP contribution in [0.3, 0.4) is 0 Å². The van der Waals surface area contributed by atoms with Gasteiger partial charge in [-0.1, -0.05) is 34.1 Å². The first kappa shape index (κ1) is 15.5. The molecule has 1 saturated carbocycles. The molecule has 0 aromatic rings. The maximum atomic E-state index is 12.1. The zero-order chi connectivity index (χ0) is 13.8. The summed E-state index contributed by atoms with van der Waals surface area (Å²) in [5.41, 5.74) is 6.31. The average molecular weight is 254 g/mol. The first-order chi connectivity index (χ1) is 8.32. The summed E-state index contributed by atoms with van der Waals surface area (Å²) in [5.74, 6) is 0.109. The molecule has 3 N–H and O–H groups in total. The highest BCUT2D eigenvalue weighted by Crippen LogP contribution is 2.48. The Morgan fingerprint density at radius 1 is 1.39 bits per heavy atom. The molecule has 0 heterocycles. The van der Waals surface area contributed by atoms with Gasteiger partial charge in [0.25, 0.3) is 0 Å². The first-order valence-electron chi connectivity index (χ1n) is 7.30. The molecule has 1 atom stereocenters. The minimum absolute atomic E-state index is 0.0394. The van der Waals surface area contributed by atoms with Gasteiger partial charge in [-0.25, -0.2) is 0 Å². The van der Waals surface area contributed by atoms with Gasteiger partial charge in [0.1, 0.15) is 0 Å². The van der Waals surface area contributed by atoms with Gasteiger partial charge >= 0.3 is 0 Å². The summed E-state index contributed by atoms with van der Waals surface area (Å²) in [7, 11) is 0. The second-order valence-electron chi connectivity index (χ2n) is 7.17. The topological polar surface area (TPSA) is 55.1 Å². The van der Waals surface area contributed by atoms with Crippen molar-refractivity contribution in [2.45, 2.75) is 59.8 Å². The normalized spacial score (nSPS) is 19.4. The summed E-state index contributed by atoms with van der Waals surface area (Å²) in [5, 5.41) is 3.12. The number of carbonyl (C=O) groups is 1. The third kappa shape index (κ3) is 4.97. The van der Waals surface area contributed by atoms with Crippen LogP contribution in [0.4, 0.5) is 0 Å². The molecule has 0 radical (unpaired) electrons. The molecular weight excluding hydrogens is 224 g/mol. The van der Waals surface area contributed by atoms with E-state index in [-0.39, 0.29) is 17.2 Å². The summed E-state index contributed by atoms with van der Waals surface area (Å²) in [6, 6.07) is 0. The molecule has 18 heavy (non-hydrogen) atoms. The van der Waals surface area contributed by atoms with Crippen LogP contribution in [0.1, 0.15) is 59.8 Å². The predicted octanol–water partition coefficient (Wildman–Crippen LogP) is 2.69. The van der Waals surface area contributed by atoms with E-state index >= 15 is 0 Å². The highest BCUT2D eigenvalue weighted by atomic mass is 16.1. The Balaban J connectivity index is 2.39. The number of rotatable bonds is 7. The highest BCUT2D eigenvalue weighted by molar-refractivity contribution is 5.79. The molecule has 1 rings (SSSR count). The van der Waals surface area contributed by atoms with E-state index in [0.29, 0.717) is 12.0 Å². The van der Waals surface area contributed by atoms with Crippen LogP contribution in [0.15, 0.2) is 0 Å². The molecule has 3 nitrogen and oxygen atoms in total. The molecule has 1 unspecified atom stereocenters. The molecule has 0 aliphatic heterocycles. The minimum atomic E-state index is -0.0394. The van der Waals surface area contributed by atoms with Gasteiger partial charge in [0, 0.05) is 13.1 Å². The van der Waals surface area contributed by atoms with Crippen molar-refractivity contribution < 1.29 is 4.79 Å². The number of nitrogens with one attached hydrogen (secondary N) is 1. The second kappa shape index (κ2) is 6.05. The van der Waals surface area contributed by atoms with Gasteiger partial charge in [0.2, 0.25) is 5.91 Å². The molecule has 0 spiro atoms. The molecule has 0 aromatic carbocycles. The standard InChI is InChI=1S/C15H30N2O/c1-5-6-15(7-8-15)11-17-13(18)12(10-16)9-14(2,3)4/h12H,5-11,16H2,1-4H3,(H,17,18). The Labute approximate surface area is 112 Å².